The van der Waals surface area contributed by atoms with Gasteiger partial charge in [0.15, 0.2) is 0 Å². The molecule has 0 bridgehead atoms. The fourth-order valence-electron chi connectivity index (χ4n) is 5.22. The van der Waals surface area contributed by atoms with Gasteiger partial charge in [0.2, 0.25) is 5.89 Å². The summed E-state index contributed by atoms with van der Waals surface area (Å²) >= 11 is 0. The third kappa shape index (κ3) is 5.19. The Kier molecular flexibility index (Phi) is 6.53. The quantitative estimate of drug-likeness (QED) is 0.534. The minimum absolute atomic E-state index is 0.193. The van der Waals surface area contributed by atoms with Gasteiger partial charge >= 0.3 is 6.09 Å². The number of hydrogen-bond donors (Lipinski definition) is 0. The maximum absolute atomic E-state index is 12.4. The lowest BCUT2D eigenvalue weighted by molar-refractivity contribution is 0.0284. The van der Waals surface area contributed by atoms with Gasteiger partial charge in [0.05, 0.1) is 11.2 Å². The lowest BCUT2D eigenvalue weighted by Gasteiger charge is -2.32. The molecular weight excluding hydrogens is 444 g/mol. The minimum Gasteiger partial charge on any atom is -0.444 e. The average molecular weight is 481 g/mol. The van der Waals surface area contributed by atoms with Crippen LogP contribution in [0.15, 0.2) is 28.8 Å². The van der Waals surface area contributed by atoms with Crippen LogP contribution >= 0.6 is 0 Å². The number of aryl methyl sites for hydroxylation is 1. The van der Waals surface area contributed by atoms with Gasteiger partial charge in [-0.1, -0.05) is 25.1 Å². The Morgan fingerprint density at radius 2 is 1.91 bits per heavy atom. The van der Waals surface area contributed by atoms with E-state index in [1.807, 2.05) is 43.9 Å². The maximum Gasteiger partial charge on any atom is 0.410 e. The van der Waals surface area contributed by atoms with Crippen molar-refractivity contribution in [2.24, 2.45) is 5.92 Å². The molecule has 2 fully saturated rings. The Morgan fingerprint density at radius 3 is 2.66 bits per heavy atom. The summed E-state index contributed by atoms with van der Waals surface area (Å²) in [6.45, 7) is 12.4. The van der Waals surface area contributed by atoms with Crippen LogP contribution in [0.25, 0.3) is 16.9 Å². The van der Waals surface area contributed by atoms with Gasteiger partial charge in [0.25, 0.3) is 5.95 Å². The Balaban J connectivity index is 1.16. The molecule has 0 aliphatic carbocycles. The molecule has 35 heavy (non-hydrogen) atoms. The van der Waals surface area contributed by atoms with Crippen LogP contribution in [0.4, 0.5) is 4.79 Å². The van der Waals surface area contributed by atoms with Crippen molar-refractivity contribution < 1.29 is 14.1 Å². The minimum atomic E-state index is -0.450. The van der Waals surface area contributed by atoms with Gasteiger partial charge in [-0.15, -0.1) is 0 Å². The van der Waals surface area contributed by atoms with Crippen LogP contribution in [-0.4, -0.2) is 74.1 Å². The topological polar surface area (TPSA) is 89.5 Å². The number of rotatable bonds is 5. The lowest BCUT2D eigenvalue weighted by Crippen LogP contribution is -2.39. The van der Waals surface area contributed by atoms with E-state index in [2.05, 4.69) is 23.0 Å². The first-order chi connectivity index (χ1) is 16.8. The molecule has 9 heteroatoms. The second-order valence-corrected chi connectivity index (χ2v) is 10.8. The highest BCUT2D eigenvalue weighted by atomic mass is 16.6. The third-order valence-electron chi connectivity index (χ3n) is 7.01. The fraction of sp³-hybridized carbons (Fsp3) is 0.615. The van der Waals surface area contributed by atoms with Gasteiger partial charge in [-0.3, -0.25) is 0 Å². The summed E-state index contributed by atoms with van der Waals surface area (Å²) in [5.74, 6) is 1.97. The Labute approximate surface area is 206 Å². The number of fused-ring (bicyclic) bond motifs is 1. The van der Waals surface area contributed by atoms with Crippen LogP contribution in [0.3, 0.4) is 0 Å². The largest absolute Gasteiger partial charge is 0.444 e. The first-order valence-electron chi connectivity index (χ1n) is 12.8. The normalized spacial score (nSPS) is 20.1. The fourth-order valence-corrected chi connectivity index (χ4v) is 5.22. The molecule has 0 spiro atoms. The predicted octanol–water partition coefficient (Wildman–Crippen LogP) is 4.41. The van der Waals surface area contributed by atoms with E-state index in [0.717, 1.165) is 75.0 Å². The van der Waals surface area contributed by atoms with Gasteiger partial charge in [-0.25, -0.2) is 4.79 Å². The molecule has 3 aromatic rings. The SMILES string of the molecule is CCc1nn(-c2noc(C3CCN(C[C@@H]4CCN(C(=O)OC(C)(C)C)C4)CC3)n2)c2ccccc12. The molecule has 0 saturated carbocycles. The first-order valence-corrected chi connectivity index (χ1v) is 12.8. The van der Waals surface area contributed by atoms with Crippen LogP contribution in [0.5, 0.6) is 0 Å². The number of amides is 1. The number of carbonyl (C=O) groups excluding carboxylic acids is 1. The van der Waals surface area contributed by atoms with Crippen molar-refractivity contribution in [3.05, 3.63) is 35.9 Å². The number of aromatic nitrogens is 4. The summed E-state index contributed by atoms with van der Waals surface area (Å²) in [6.07, 6.45) is 3.67. The molecule has 188 valence electrons. The second-order valence-electron chi connectivity index (χ2n) is 10.8. The number of para-hydroxylation sites is 1. The molecule has 1 aromatic carbocycles. The standard InChI is InChI=1S/C26H36N6O3/c1-5-21-20-8-6-7-9-22(20)32(28-21)24-27-23(35-29-24)19-11-13-30(14-12-19)16-18-10-15-31(17-18)25(33)34-26(2,3)4/h6-9,18-19H,5,10-17H2,1-4H3/t18-/m0/s1. The zero-order chi connectivity index (χ0) is 24.6. The summed E-state index contributed by atoms with van der Waals surface area (Å²) in [6, 6.07) is 8.17. The van der Waals surface area contributed by atoms with Crippen LogP contribution in [0, 0.1) is 5.92 Å². The summed E-state index contributed by atoms with van der Waals surface area (Å²) in [5.41, 5.74) is 1.59. The Morgan fingerprint density at radius 1 is 1.14 bits per heavy atom. The smallest absolute Gasteiger partial charge is 0.410 e. The van der Waals surface area contributed by atoms with E-state index in [0.29, 0.717) is 17.8 Å². The van der Waals surface area contributed by atoms with Crippen molar-refractivity contribution >= 4 is 17.0 Å². The highest BCUT2D eigenvalue weighted by molar-refractivity contribution is 5.83. The molecule has 2 aliphatic heterocycles. The number of ether oxygens (including phenoxy) is 1. The summed E-state index contributed by atoms with van der Waals surface area (Å²) < 4.78 is 13.0. The van der Waals surface area contributed by atoms with E-state index in [4.69, 9.17) is 19.3 Å². The van der Waals surface area contributed by atoms with Gasteiger partial charge in [0.1, 0.15) is 5.60 Å². The Bertz CT molecular complexity index is 1170. The van der Waals surface area contributed by atoms with Crippen LogP contribution in [0.2, 0.25) is 0 Å². The summed E-state index contributed by atoms with van der Waals surface area (Å²) in [4.78, 5) is 21.4. The monoisotopic (exact) mass is 480 g/mol. The highest BCUT2D eigenvalue weighted by Gasteiger charge is 2.32. The highest BCUT2D eigenvalue weighted by Crippen LogP contribution is 2.30. The van der Waals surface area contributed by atoms with Crippen LogP contribution in [-0.2, 0) is 11.2 Å². The molecular formula is C26H36N6O3. The van der Waals surface area contributed by atoms with E-state index in [1.54, 1.807) is 4.68 Å². The van der Waals surface area contributed by atoms with Crippen molar-refractivity contribution in [2.45, 2.75) is 64.9 Å². The maximum atomic E-state index is 12.4. The average Bonchev–Trinajstić information content (AvgIpc) is 3.57. The van der Waals surface area contributed by atoms with E-state index in [9.17, 15) is 4.79 Å². The molecule has 9 nitrogen and oxygen atoms in total. The van der Waals surface area contributed by atoms with Gasteiger partial charge in [-0.05, 0) is 76.7 Å². The molecule has 2 aliphatic rings. The van der Waals surface area contributed by atoms with Gasteiger partial charge in [-0.2, -0.15) is 14.8 Å². The van der Waals surface area contributed by atoms with E-state index in [-0.39, 0.29) is 12.0 Å². The number of piperidine rings is 1. The van der Waals surface area contributed by atoms with Crippen LogP contribution in [0.1, 0.15) is 64.5 Å². The lowest BCUT2D eigenvalue weighted by atomic mass is 9.95. The summed E-state index contributed by atoms with van der Waals surface area (Å²) in [5, 5.41) is 10.1. The van der Waals surface area contributed by atoms with Crippen molar-refractivity contribution in [3.63, 3.8) is 0 Å². The van der Waals surface area contributed by atoms with Crippen molar-refractivity contribution in [1.29, 1.82) is 0 Å². The number of carbonyl (C=O) groups is 1. The van der Waals surface area contributed by atoms with E-state index < -0.39 is 5.60 Å². The van der Waals surface area contributed by atoms with Crippen molar-refractivity contribution in [1.82, 2.24) is 29.7 Å². The molecule has 2 saturated heterocycles. The number of benzene rings is 1. The van der Waals surface area contributed by atoms with E-state index >= 15 is 0 Å². The molecule has 1 amide bonds. The molecule has 0 unspecified atom stereocenters. The third-order valence-corrected chi connectivity index (χ3v) is 7.01. The first kappa shape index (κ1) is 23.8. The van der Waals surface area contributed by atoms with E-state index in [1.165, 1.54) is 0 Å². The molecule has 2 aromatic heterocycles. The molecule has 0 N–H and O–H groups in total. The van der Waals surface area contributed by atoms with Crippen molar-refractivity contribution in [2.75, 3.05) is 32.7 Å². The molecule has 5 rings (SSSR count). The molecule has 4 heterocycles. The Hall–Kier alpha value is -2.94. The zero-order valence-electron chi connectivity index (χ0n) is 21.2. The van der Waals surface area contributed by atoms with Gasteiger partial charge in [0, 0.05) is 30.9 Å². The zero-order valence-corrected chi connectivity index (χ0v) is 21.2. The summed E-state index contributed by atoms with van der Waals surface area (Å²) in [7, 11) is 0. The number of likely N-dealkylation sites (tertiary alicyclic amines) is 2. The van der Waals surface area contributed by atoms with Crippen molar-refractivity contribution in [3.8, 4) is 5.95 Å². The van der Waals surface area contributed by atoms with Gasteiger partial charge < -0.3 is 19.1 Å². The molecule has 1 atom stereocenters. The second kappa shape index (κ2) is 9.60. The number of nitrogens with zero attached hydrogens (tertiary/aromatic N) is 6. The predicted molar refractivity (Wildman–Crippen MR) is 133 cm³/mol. The number of hydrogen-bond acceptors (Lipinski definition) is 7. The molecule has 0 radical (unpaired) electrons. The van der Waals surface area contributed by atoms with Crippen LogP contribution < -0.4 is 0 Å².